The molecule has 1 N–H and O–H groups in total. The fourth-order valence-electron chi connectivity index (χ4n) is 9.33. The molecule has 0 aliphatic heterocycles. The van der Waals surface area contributed by atoms with Gasteiger partial charge >= 0.3 is 19.8 Å². The van der Waals surface area contributed by atoms with E-state index in [1.54, 1.807) is 0 Å². The summed E-state index contributed by atoms with van der Waals surface area (Å²) in [5.41, 5.74) is 0. The molecule has 9 nitrogen and oxygen atoms in total. The van der Waals surface area contributed by atoms with Gasteiger partial charge < -0.3 is 18.9 Å². The van der Waals surface area contributed by atoms with Gasteiger partial charge in [0.1, 0.15) is 19.8 Å². The normalized spacial score (nSPS) is 14.0. The number of allylic oxidation sites excluding steroid dienone is 22. The molecule has 0 bridgehead atoms. The maximum Gasteiger partial charge on any atom is 0.472 e. The zero-order valence-corrected chi connectivity index (χ0v) is 56.9. The Hall–Kier alpha value is -3.85. The number of carbonyl (C=O) groups excluding carboxylic acids is 2. The summed E-state index contributed by atoms with van der Waals surface area (Å²) in [4.78, 5) is 35.9. The van der Waals surface area contributed by atoms with Gasteiger partial charge in [-0.15, -0.1) is 0 Å². The Bertz CT molecular complexity index is 1910. The number of hydrogen-bond donors (Lipinski definition) is 1. The molecule has 0 heterocycles. The molecule has 0 saturated heterocycles. The van der Waals surface area contributed by atoms with Crippen LogP contribution in [-0.4, -0.2) is 74.9 Å². The van der Waals surface area contributed by atoms with E-state index in [2.05, 4.69) is 148 Å². The van der Waals surface area contributed by atoms with Crippen molar-refractivity contribution < 1.29 is 42.1 Å². The molecule has 0 fully saturated rings. The van der Waals surface area contributed by atoms with Gasteiger partial charge in [-0.25, -0.2) is 4.57 Å². The predicted molar refractivity (Wildman–Crippen MR) is 371 cm³/mol. The second-order valence-corrected chi connectivity index (χ2v) is 25.6. The number of likely N-dealkylation sites (N-methyl/N-ethyl adjacent to an activating group) is 1. The number of esters is 2. The van der Waals surface area contributed by atoms with Crippen LogP contribution in [0.15, 0.2) is 134 Å². The second kappa shape index (κ2) is 65.6. The van der Waals surface area contributed by atoms with Crippen molar-refractivity contribution in [2.24, 2.45) is 0 Å². The van der Waals surface area contributed by atoms with Gasteiger partial charge in [0.05, 0.1) is 27.7 Å². The average molecular weight is 1220 g/mol. The topological polar surface area (TPSA) is 108 Å². The van der Waals surface area contributed by atoms with Gasteiger partial charge in [0.2, 0.25) is 0 Å². The molecule has 0 saturated carbocycles. The Morgan fingerprint density at radius 3 is 0.988 bits per heavy atom. The Kier molecular flexibility index (Phi) is 62.7. The molecule has 10 heteroatoms. The highest BCUT2D eigenvalue weighted by molar-refractivity contribution is 7.47. The smallest absolute Gasteiger partial charge is 0.462 e. The summed E-state index contributed by atoms with van der Waals surface area (Å²) in [5, 5.41) is 0. The molecule has 492 valence electrons. The number of hydrogen-bond acceptors (Lipinski definition) is 7. The third-order valence-electron chi connectivity index (χ3n) is 14.7. The molecular weight excluding hydrogens is 1090 g/mol. The molecule has 0 aromatic heterocycles. The van der Waals surface area contributed by atoms with Gasteiger partial charge in [0, 0.05) is 12.8 Å². The zero-order valence-electron chi connectivity index (χ0n) is 56.0. The highest BCUT2D eigenvalue weighted by atomic mass is 31.2. The molecule has 0 aliphatic carbocycles. The number of phosphoric ester groups is 1. The van der Waals surface area contributed by atoms with Gasteiger partial charge in [-0.05, 0) is 116 Å². The van der Waals surface area contributed by atoms with E-state index >= 15 is 0 Å². The monoisotopic (exact) mass is 1220 g/mol. The van der Waals surface area contributed by atoms with Crippen LogP contribution in [-0.2, 0) is 32.7 Å². The van der Waals surface area contributed by atoms with E-state index in [0.29, 0.717) is 17.4 Å². The highest BCUT2D eigenvalue weighted by Crippen LogP contribution is 2.43. The fourth-order valence-corrected chi connectivity index (χ4v) is 10.1. The number of rotatable bonds is 63. The quantitative estimate of drug-likeness (QED) is 0.0211. The van der Waals surface area contributed by atoms with E-state index in [0.717, 1.165) is 116 Å². The first-order valence-electron chi connectivity index (χ1n) is 34.9. The van der Waals surface area contributed by atoms with E-state index in [9.17, 15) is 19.0 Å². The van der Waals surface area contributed by atoms with Gasteiger partial charge in [-0.3, -0.25) is 18.6 Å². The fraction of sp³-hybridized carbons (Fsp3) is 0.684. The lowest BCUT2D eigenvalue weighted by atomic mass is 10.0. The second-order valence-electron chi connectivity index (χ2n) is 24.2. The van der Waals surface area contributed by atoms with Crippen molar-refractivity contribution in [1.82, 2.24) is 0 Å². The minimum atomic E-state index is -4.41. The van der Waals surface area contributed by atoms with E-state index in [-0.39, 0.29) is 32.0 Å². The molecule has 0 amide bonds. The summed E-state index contributed by atoms with van der Waals surface area (Å²) in [6, 6.07) is 0. The summed E-state index contributed by atoms with van der Waals surface area (Å²) >= 11 is 0. The van der Waals surface area contributed by atoms with E-state index < -0.39 is 26.5 Å². The minimum absolute atomic E-state index is 0.0215. The largest absolute Gasteiger partial charge is 0.472 e. The van der Waals surface area contributed by atoms with Gasteiger partial charge in [0.15, 0.2) is 6.10 Å². The molecule has 86 heavy (non-hydrogen) atoms. The Morgan fingerprint density at radius 1 is 0.372 bits per heavy atom. The molecule has 0 rings (SSSR count). The lowest BCUT2D eigenvalue weighted by Gasteiger charge is -2.24. The van der Waals surface area contributed by atoms with Crippen molar-refractivity contribution in [3.8, 4) is 0 Å². The van der Waals surface area contributed by atoms with Gasteiger partial charge in [-0.1, -0.05) is 289 Å². The number of quaternary nitrogens is 1. The molecule has 0 aromatic carbocycles. The van der Waals surface area contributed by atoms with E-state index in [4.69, 9.17) is 18.5 Å². The summed E-state index contributed by atoms with van der Waals surface area (Å²) in [7, 11) is 1.45. The SMILES string of the molecule is CC/C=C\C/C=C\C/C=C\C/C=C\C/C=C\C/C=C\C/C=C\C/C=C\C/C=C\CCCCCCCC(=O)OC(COC(=O)CCCCCCCCCCCCCCCCCCC/C=C\C/C=C\CCCCCCC)COP(=O)(O)OCC[N+](C)(C)C. The van der Waals surface area contributed by atoms with Crippen LogP contribution in [0.2, 0.25) is 0 Å². The maximum atomic E-state index is 12.9. The van der Waals surface area contributed by atoms with Crippen molar-refractivity contribution in [3.05, 3.63) is 134 Å². The predicted octanol–water partition coefficient (Wildman–Crippen LogP) is 22.8. The maximum absolute atomic E-state index is 12.9. The Morgan fingerprint density at radius 2 is 0.663 bits per heavy atom. The number of nitrogens with zero attached hydrogens (tertiary/aromatic N) is 1. The third-order valence-corrected chi connectivity index (χ3v) is 15.6. The summed E-state index contributed by atoms with van der Waals surface area (Å²) in [5.74, 6) is -0.820. The van der Waals surface area contributed by atoms with Crippen LogP contribution in [0, 0.1) is 0 Å². The van der Waals surface area contributed by atoms with Crippen LogP contribution in [0.1, 0.15) is 284 Å². The number of carbonyl (C=O) groups is 2. The van der Waals surface area contributed by atoms with E-state index in [1.165, 1.54) is 135 Å². The van der Waals surface area contributed by atoms with Crippen molar-refractivity contribution in [2.45, 2.75) is 290 Å². The molecule has 2 atom stereocenters. The number of unbranched alkanes of at least 4 members (excludes halogenated alkanes) is 27. The standard InChI is InChI=1S/C76H130NO8P/c1-6-8-10-12-14-16-18-20-22-24-26-28-30-32-34-36-37-38-39-41-43-45-47-49-51-53-55-57-59-61-63-65-67-69-76(79)85-74(73-84-86(80,81)83-71-70-77(3,4)5)72-82-75(78)68-66-64-62-60-58-56-54-52-50-48-46-44-42-40-35-33-31-29-27-25-23-21-19-17-15-13-11-9-7-2/h8,10,14,16,19-22,25-28,32,34,37-38,41,43,47,49,53,55,74H,6-7,9,11-13,15,17-18,23-24,29-31,33,35-36,39-40,42,44-46,48,50-52,54,56-73H2,1-5H3/p+1/b10-8-,16-14-,21-19-,22-20-,27-25-,28-26-,34-32-,38-37-,43-41-,49-47-,55-53-. The van der Waals surface area contributed by atoms with Crippen molar-refractivity contribution in [3.63, 3.8) is 0 Å². The van der Waals surface area contributed by atoms with Gasteiger partial charge in [0.25, 0.3) is 0 Å². The highest BCUT2D eigenvalue weighted by Gasteiger charge is 2.27. The van der Waals surface area contributed by atoms with Crippen LogP contribution in [0.4, 0.5) is 0 Å². The molecular formula is C76H131NO8P+. The van der Waals surface area contributed by atoms with Crippen molar-refractivity contribution in [1.29, 1.82) is 0 Å². The molecule has 2 unspecified atom stereocenters. The van der Waals surface area contributed by atoms with Crippen LogP contribution < -0.4 is 0 Å². The number of phosphoric acid groups is 1. The minimum Gasteiger partial charge on any atom is -0.462 e. The lowest BCUT2D eigenvalue weighted by molar-refractivity contribution is -0.870. The lowest BCUT2D eigenvalue weighted by Crippen LogP contribution is -2.37. The first-order chi connectivity index (χ1) is 42.0. The van der Waals surface area contributed by atoms with Crippen LogP contribution in [0.5, 0.6) is 0 Å². The van der Waals surface area contributed by atoms with E-state index in [1.807, 2.05) is 21.1 Å². The first-order valence-corrected chi connectivity index (χ1v) is 36.4. The number of ether oxygens (including phenoxy) is 2. The summed E-state index contributed by atoms with van der Waals surface area (Å²) < 4.78 is 34.7. The van der Waals surface area contributed by atoms with Crippen LogP contribution >= 0.6 is 7.82 Å². The Balaban J connectivity index is 4.14. The molecule has 0 aromatic rings. The average Bonchev–Trinajstić information content (AvgIpc) is 3.70. The van der Waals surface area contributed by atoms with Crippen molar-refractivity contribution >= 4 is 19.8 Å². The van der Waals surface area contributed by atoms with Gasteiger partial charge in [-0.2, -0.15) is 0 Å². The first kappa shape index (κ1) is 82.1. The summed E-state index contributed by atoms with van der Waals surface area (Å²) in [6.45, 7) is 4.30. The molecule has 0 radical (unpaired) electrons. The van der Waals surface area contributed by atoms with Crippen LogP contribution in [0.25, 0.3) is 0 Å². The molecule has 0 spiro atoms. The zero-order chi connectivity index (χ0) is 62.6. The Labute approximate surface area is 530 Å². The summed E-state index contributed by atoms with van der Waals surface area (Å²) in [6.07, 6.45) is 95.5. The van der Waals surface area contributed by atoms with Crippen LogP contribution in [0.3, 0.4) is 0 Å². The van der Waals surface area contributed by atoms with Crippen molar-refractivity contribution in [2.75, 3.05) is 47.5 Å². The third kappa shape index (κ3) is 69.3. The molecule has 0 aliphatic rings.